The lowest BCUT2D eigenvalue weighted by Gasteiger charge is -2.59. The van der Waals surface area contributed by atoms with Gasteiger partial charge in [-0.15, -0.1) is 0 Å². The first-order valence-electron chi connectivity index (χ1n) is 8.17. The summed E-state index contributed by atoms with van der Waals surface area (Å²) in [6.07, 6.45) is -0.281. The van der Waals surface area contributed by atoms with Crippen molar-refractivity contribution >= 4 is 27.6 Å². The standard InChI is InChI=1S/C16H33NO3Si2/c1-11(18)14-12(10-13(19)21(5,6)7)17(15(14)20)22(8,9)16(2,3)4/h11-12,14,18H,10H2,1-9H3. The molecule has 22 heavy (non-hydrogen) atoms. The van der Waals surface area contributed by atoms with Crippen molar-refractivity contribution in [2.45, 2.75) is 84.0 Å². The molecule has 0 saturated carbocycles. The van der Waals surface area contributed by atoms with E-state index in [9.17, 15) is 14.7 Å². The molecule has 0 radical (unpaired) electrons. The molecule has 3 unspecified atom stereocenters. The molecular formula is C16H33NO3Si2. The first-order valence-corrected chi connectivity index (χ1v) is 14.6. The van der Waals surface area contributed by atoms with Gasteiger partial charge < -0.3 is 14.5 Å². The molecule has 0 bridgehead atoms. The molecule has 1 fully saturated rings. The number of carbonyl (C=O) groups excluding carboxylic acids is 2. The smallest absolute Gasteiger partial charge is 0.222 e. The third-order valence-electron chi connectivity index (χ3n) is 5.46. The minimum absolute atomic E-state index is 0.0345. The molecule has 1 rings (SSSR count). The van der Waals surface area contributed by atoms with E-state index >= 15 is 0 Å². The molecule has 0 aromatic rings. The predicted octanol–water partition coefficient (Wildman–Crippen LogP) is 3.04. The maximum absolute atomic E-state index is 12.6. The lowest BCUT2D eigenvalue weighted by Crippen LogP contribution is -2.75. The fraction of sp³-hybridized carbons (Fsp3) is 0.875. The molecule has 6 heteroatoms. The van der Waals surface area contributed by atoms with Crippen molar-refractivity contribution in [3.63, 3.8) is 0 Å². The van der Waals surface area contributed by atoms with E-state index < -0.39 is 28.3 Å². The Morgan fingerprint density at radius 3 is 2.00 bits per heavy atom. The summed E-state index contributed by atoms with van der Waals surface area (Å²) in [5, 5.41) is 10.3. The Morgan fingerprint density at radius 2 is 1.68 bits per heavy atom. The number of nitrogens with zero attached hydrogens (tertiary/aromatic N) is 1. The molecule has 0 aromatic carbocycles. The van der Waals surface area contributed by atoms with Crippen LogP contribution in [0.4, 0.5) is 0 Å². The Hall–Kier alpha value is -0.466. The van der Waals surface area contributed by atoms with Crippen LogP contribution >= 0.6 is 0 Å². The van der Waals surface area contributed by atoms with E-state index in [1.807, 2.05) is 24.2 Å². The highest BCUT2D eigenvalue weighted by Gasteiger charge is 2.58. The Balaban J connectivity index is 3.12. The van der Waals surface area contributed by atoms with Gasteiger partial charge in [0.15, 0.2) is 8.24 Å². The van der Waals surface area contributed by atoms with Crippen LogP contribution < -0.4 is 0 Å². The Bertz CT molecular complexity index is 461. The van der Waals surface area contributed by atoms with Gasteiger partial charge in [-0.3, -0.25) is 4.79 Å². The van der Waals surface area contributed by atoms with Crippen LogP contribution in [-0.2, 0) is 9.59 Å². The van der Waals surface area contributed by atoms with E-state index in [1.165, 1.54) is 0 Å². The van der Waals surface area contributed by atoms with Crippen LogP contribution in [0.25, 0.3) is 0 Å². The van der Waals surface area contributed by atoms with Crippen molar-refractivity contribution in [2.75, 3.05) is 0 Å². The van der Waals surface area contributed by atoms with Gasteiger partial charge in [-0.05, 0) is 12.0 Å². The van der Waals surface area contributed by atoms with Crippen LogP contribution in [0.5, 0.6) is 0 Å². The third-order valence-corrected chi connectivity index (χ3v) is 12.8. The zero-order chi connectivity index (χ0) is 17.7. The summed E-state index contributed by atoms with van der Waals surface area (Å²) < 4.78 is 1.99. The third kappa shape index (κ3) is 3.38. The van der Waals surface area contributed by atoms with Gasteiger partial charge in [0, 0.05) is 12.5 Å². The highest BCUT2D eigenvalue weighted by molar-refractivity contribution is 7.03. The van der Waals surface area contributed by atoms with Crippen molar-refractivity contribution in [3.8, 4) is 0 Å². The zero-order valence-corrected chi connectivity index (χ0v) is 17.7. The second kappa shape index (κ2) is 5.87. The molecule has 3 atom stereocenters. The SMILES string of the molecule is CC(O)C1C(=O)N([Si](C)(C)C(C)(C)C)C1CC(=O)[Si](C)(C)C. The van der Waals surface area contributed by atoms with Crippen LogP contribution in [0, 0.1) is 5.92 Å². The fourth-order valence-corrected chi connectivity index (χ4v) is 6.19. The highest BCUT2D eigenvalue weighted by Crippen LogP contribution is 2.46. The lowest BCUT2D eigenvalue weighted by molar-refractivity contribution is -0.155. The van der Waals surface area contributed by atoms with Gasteiger partial charge in [0.25, 0.3) is 0 Å². The predicted molar refractivity (Wildman–Crippen MR) is 96.0 cm³/mol. The maximum atomic E-state index is 12.6. The van der Waals surface area contributed by atoms with Crippen LogP contribution in [0.15, 0.2) is 0 Å². The number of rotatable bonds is 5. The van der Waals surface area contributed by atoms with Gasteiger partial charge in [-0.1, -0.05) is 53.5 Å². The summed E-state index contributed by atoms with van der Waals surface area (Å²) in [6, 6.07) is -0.118. The Morgan fingerprint density at radius 1 is 1.23 bits per heavy atom. The normalized spacial score (nSPS) is 25.0. The number of amides is 1. The molecule has 1 aliphatic heterocycles. The average Bonchev–Trinajstić information content (AvgIpc) is 2.23. The molecule has 1 N–H and O–H groups in total. The first-order chi connectivity index (χ1) is 9.62. The number of β-lactam (4-membered cyclic amide) rings is 1. The van der Waals surface area contributed by atoms with Gasteiger partial charge in [0.2, 0.25) is 5.91 Å². The number of hydrogen-bond donors (Lipinski definition) is 1. The summed E-state index contributed by atoms with van der Waals surface area (Å²) in [7, 11) is -3.90. The van der Waals surface area contributed by atoms with E-state index in [0.717, 1.165) is 0 Å². The van der Waals surface area contributed by atoms with Crippen LogP contribution in [0.2, 0.25) is 37.8 Å². The van der Waals surface area contributed by atoms with Crippen molar-refractivity contribution in [3.05, 3.63) is 0 Å². The summed E-state index contributed by atoms with van der Waals surface area (Å²) in [6.45, 7) is 18.7. The van der Waals surface area contributed by atoms with Gasteiger partial charge >= 0.3 is 0 Å². The van der Waals surface area contributed by atoms with E-state index in [4.69, 9.17) is 0 Å². The van der Waals surface area contributed by atoms with Crippen molar-refractivity contribution in [1.29, 1.82) is 0 Å². The summed E-state index contributed by atoms with van der Waals surface area (Å²) in [4.78, 5) is 25.2. The maximum Gasteiger partial charge on any atom is 0.222 e. The van der Waals surface area contributed by atoms with Gasteiger partial charge in [-0.2, -0.15) is 0 Å². The minimum Gasteiger partial charge on any atom is -0.393 e. The van der Waals surface area contributed by atoms with Crippen molar-refractivity contribution in [2.24, 2.45) is 5.92 Å². The average molecular weight is 344 g/mol. The molecule has 1 amide bonds. The van der Waals surface area contributed by atoms with Crippen molar-refractivity contribution < 1.29 is 14.7 Å². The summed E-state index contributed by atoms with van der Waals surface area (Å²) in [5.74, 6) is -0.371. The molecule has 4 nitrogen and oxygen atoms in total. The highest BCUT2D eigenvalue weighted by atomic mass is 28.3. The summed E-state index contributed by atoms with van der Waals surface area (Å²) >= 11 is 0. The molecule has 0 aliphatic carbocycles. The quantitative estimate of drug-likeness (QED) is 0.616. The molecule has 0 spiro atoms. The van der Waals surface area contributed by atoms with Crippen LogP contribution in [0.3, 0.4) is 0 Å². The van der Waals surface area contributed by atoms with Crippen LogP contribution in [0.1, 0.15) is 34.1 Å². The first kappa shape index (κ1) is 19.6. The molecule has 1 saturated heterocycles. The molecule has 0 aromatic heterocycles. The van der Waals surface area contributed by atoms with E-state index in [-0.39, 0.29) is 17.0 Å². The largest absolute Gasteiger partial charge is 0.393 e. The number of carbonyl (C=O) groups is 2. The van der Waals surface area contributed by atoms with Gasteiger partial charge in [0.05, 0.1) is 12.0 Å². The Labute approximate surface area is 137 Å². The fourth-order valence-electron chi connectivity index (χ4n) is 2.86. The Kier molecular flexibility index (Phi) is 5.22. The monoisotopic (exact) mass is 343 g/mol. The topological polar surface area (TPSA) is 57.6 Å². The zero-order valence-electron chi connectivity index (χ0n) is 15.7. The summed E-state index contributed by atoms with van der Waals surface area (Å²) in [5.41, 5.74) is 0. The van der Waals surface area contributed by atoms with E-state index in [2.05, 4.69) is 33.9 Å². The van der Waals surface area contributed by atoms with Crippen molar-refractivity contribution in [1.82, 2.24) is 4.57 Å². The van der Waals surface area contributed by atoms with Crippen LogP contribution in [-0.4, -0.2) is 49.4 Å². The number of hydrogen-bond acceptors (Lipinski definition) is 3. The van der Waals surface area contributed by atoms with E-state index in [0.29, 0.717) is 11.8 Å². The molecule has 1 aliphatic rings. The van der Waals surface area contributed by atoms with Gasteiger partial charge in [0.1, 0.15) is 13.5 Å². The molecule has 128 valence electrons. The number of aliphatic hydroxyl groups is 1. The minimum atomic E-state index is -2.03. The van der Waals surface area contributed by atoms with Gasteiger partial charge in [-0.25, -0.2) is 0 Å². The lowest BCUT2D eigenvalue weighted by atomic mass is 9.84. The van der Waals surface area contributed by atoms with E-state index in [1.54, 1.807) is 6.92 Å². The molecule has 1 heterocycles. The second-order valence-corrected chi connectivity index (χ2v) is 19.4. The number of aliphatic hydroxyl groups excluding tert-OH is 1. The molecular weight excluding hydrogens is 310 g/mol. The second-order valence-electron chi connectivity index (χ2n) is 9.23.